The quantitative estimate of drug-likeness (QED) is 0.173. The van der Waals surface area contributed by atoms with Crippen LogP contribution in [0.4, 0.5) is 0 Å². The third-order valence-electron chi connectivity index (χ3n) is 4.70. The van der Waals surface area contributed by atoms with Crippen molar-refractivity contribution in [1.29, 1.82) is 0 Å². The Morgan fingerprint density at radius 1 is 1.00 bits per heavy atom. The van der Waals surface area contributed by atoms with Gasteiger partial charge in [-0.05, 0) is 42.7 Å². The standard InChI is InChI=1S/C22H29N5O2.HI/c1-23-22(25-14-12-16-10-11-19(28-2)20(15-16)29-3)24-13-6-9-21-26-17-7-4-5-8-18(17)27-21;/h4-5,7-8,10-11,15H,6,9,12-14H2,1-3H3,(H,26,27)(H2,23,24,25);1H. The lowest BCUT2D eigenvalue weighted by atomic mass is 10.1. The van der Waals surface area contributed by atoms with Gasteiger partial charge in [0.1, 0.15) is 5.82 Å². The third-order valence-corrected chi connectivity index (χ3v) is 4.70. The number of H-pyrrole nitrogens is 1. The van der Waals surface area contributed by atoms with Crippen LogP contribution in [0, 0.1) is 0 Å². The van der Waals surface area contributed by atoms with E-state index in [1.807, 2.05) is 42.5 Å². The third kappa shape index (κ3) is 6.51. The van der Waals surface area contributed by atoms with Gasteiger partial charge >= 0.3 is 0 Å². The fourth-order valence-corrected chi connectivity index (χ4v) is 3.17. The molecular weight excluding hydrogens is 493 g/mol. The molecule has 2 aromatic carbocycles. The molecule has 0 bridgehead atoms. The molecule has 0 atom stereocenters. The van der Waals surface area contributed by atoms with Gasteiger partial charge in [0.25, 0.3) is 0 Å². The maximum Gasteiger partial charge on any atom is 0.190 e. The molecule has 1 heterocycles. The Morgan fingerprint density at radius 2 is 1.77 bits per heavy atom. The Morgan fingerprint density at radius 3 is 2.50 bits per heavy atom. The van der Waals surface area contributed by atoms with Crippen LogP contribution in [-0.4, -0.2) is 50.3 Å². The zero-order valence-electron chi connectivity index (χ0n) is 17.7. The average Bonchev–Trinajstić information content (AvgIpc) is 3.18. The molecule has 0 aliphatic rings. The van der Waals surface area contributed by atoms with Crippen LogP contribution >= 0.6 is 24.0 Å². The fourth-order valence-electron chi connectivity index (χ4n) is 3.17. The minimum absolute atomic E-state index is 0. The predicted molar refractivity (Wildman–Crippen MR) is 132 cm³/mol. The molecule has 0 unspecified atom stereocenters. The van der Waals surface area contributed by atoms with Gasteiger partial charge in [0.05, 0.1) is 25.3 Å². The van der Waals surface area contributed by atoms with Gasteiger partial charge in [-0.2, -0.15) is 0 Å². The van der Waals surface area contributed by atoms with E-state index in [4.69, 9.17) is 9.47 Å². The van der Waals surface area contributed by atoms with Crippen LogP contribution in [0.2, 0.25) is 0 Å². The van der Waals surface area contributed by atoms with E-state index in [9.17, 15) is 0 Å². The van der Waals surface area contributed by atoms with E-state index in [0.717, 1.165) is 66.7 Å². The second-order valence-electron chi connectivity index (χ2n) is 6.67. The number of halogens is 1. The molecule has 7 nitrogen and oxygen atoms in total. The second-order valence-corrected chi connectivity index (χ2v) is 6.67. The Labute approximate surface area is 194 Å². The summed E-state index contributed by atoms with van der Waals surface area (Å²) in [4.78, 5) is 12.3. The minimum atomic E-state index is 0. The summed E-state index contributed by atoms with van der Waals surface area (Å²) in [5.41, 5.74) is 3.28. The van der Waals surface area contributed by atoms with Gasteiger partial charge in [-0.1, -0.05) is 18.2 Å². The van der Waals surface area contributed by atoms with Crippen LogP contribution in [-0.2, 0) is 12.8 Å². The predicted octanol–water partition coefficient (Wildman–Crippen LogP) is 3.54. The van der Waals surface area contributed by atoms with Crippen LogP contribution in [0.15, 0.2) is 47.5 Å². The van der Waals surface area contributed by atoms with Crippen molar-refractivity contribution in [2.45, 2.75) is 19.3 Å². The molecule has 0 aliphatic carbocycles. The number of hydrogen-bond acceptors (Lipinski definition) is 4. The lowest BCUT2D eigenvalue weighted by molar-refractivity contribution is 0.354. The number of benzene rings is 2. The van der Waals surface area contributed by atoms with Crippen molar-refractivity contribution in [1.82, 2.24) is 20.6 Å². The minimum Gasteiger partial charge on any atom is -0.493 e. The molecule has 0 spiro atoms. The zero-order valence-corrected chi connectivity index (χ0v) is 20.0. The lowest BCUT2D eigenvalue weighted by Gasteiger charge is -2.13. The normalized spacial score (nSPS) is 11.1. The van der Waals surface area contributed by atoms with Crippen molar-refractivity contribution in [3.63, 3.8) is 0 Å². The Kier molecular flexibility index (Phi) is 9.72. The van der Waals surface area contributed by atoms with Crippen molar-refractivity contribution < 1.29 is 9.47 Å². The zero-order chi connectivity index (χ0) is 20.5. The first-order valence-corrected chi connectivity index (χ1v) is 9.82. The fraction of sp³-hybridized carbons (Fsp3) is 0.364. The first kappa shape index (κ1) is 23.8. The highest BCUT2D eigenvalue weighted by Crippen LogP contribution is 2.27. The number of aryl methyl sites for hydroxylation is 1. The first-order chi connectivity index (χ1) is 14.2. The SMILES string of the molecule is CN=C(NCCCc1nc2ccccc2[nH]1)NCCc1ccc(OC)c(OC)c1.I. The molecule has 1 aromatic heterocycles. The molecule has 30 heavy (non-hydrogen) atoms. The highest BCUT2D eigenvalue weighted by molar-refractivity contribution is 14.0. The molecule has 3 rings (SSSR count). The molecule has 8 heteroatoms. The molecular formula is C22H30IN5O2. The highest BCUT2D eigenvalue weighted by atomic mass is 127. The largest absolute Gasteiger partial charge is 0.493 e. The maximum atomic E-state index is 5.36. The van der Waals surface area contributed by atoms with Crippen LogP contribution in [0.25, 0.3) is 11.0 Å². The smallest absolute Gasteiger partial charge is 0.190 e. The number of methoxy groups -OCH3 is 2. The number of fused-ring (bicyclic) bond motifs is 1. The van der Waals surface area contributed by atoms with E-state index in [1.165, 1.54) is 5.56 Å². The lowest BCUT2D eigenvalue weighted by Crippen LogP contribution is -2.38. The van der Waals surface area contributed by atoms with Gasteiger partial charge in [-0.25, -0.2) is 4.98 Å². The Hall–Kier alpha value is -2.49. The van der Waals surface area contributed by atoms with Crippen molar-refractivity contribution >= 4 is 41.0 Å². The topological polar surface area (TPSA) is 83.6 Å². The van der Waals surface area contributed by atoms with E-state index in [0.29, 0.717) is 0 Å². The second kappa shape index (κ2) is 12.3. The van der Waals surface area contributed by atoms with Gasteiger partial charge < -0.3 is 25.1 Å². The number of para-hydroxylation sites is 2. The number of guanidine groups is 1. The maximum absolute atomic E-state index is 5.36. The average molecular weight is 523 g/mol. The van der Waals surface area contributed by atoms with Crippen molar-refractivity contribution in [2.24, 2.45) is 4.99 Å². The number of aromatic nitrogens is 2. The van der Waals surface area contributed by atoms with Crippen molar-refractivity contribution in [2.75, 3.05) is 34.4 Å². The van der Waals surface area contributed by atoms with Crippen LogP contribution in [0.3, 0.4) is 0 Å². The van der Waals surface area contributed by atoms with E-state index in [-0.39, 0.29) is 24.0 Å². The van der Waals surface area contributed by atoms with Crippen LogP contribution in [0.5, 0.6) is 11.5 Å². The highest BCUT2D eigenvalue weighted by Gasteiger charge is 2.05. The van der Waals surface area contributed by atoms with Crippen molar-refractivity contribution in [3.05, 3.63) is 53.9 Å². The number of nitrogens with zero attached hydrogens (tertiary/aromatic N) is 2. The van der Waals surface area contributed by atoms with Crippen LogP contribution < -0.4 is 20.1 Å². The van der Waals surface area contributed by atoms with Crippen molar-refractivity contribution in [3.8, 4) is 11.5 Å². The monoisotopic (exact) mass is 523 g/mol. The number of imidazole rings is 1. The van der Waals surface area contributed by atoms with E-state index in [1.54, 1.807) is 21.3 Å². The van der Waals surface area contributed by atoms with Gasteiger partial charge in [0.15, 0.2) is 17.5 Å². The van der Waals surface area contributed by atoms with Gasteiger partial charge in [-0.3, -0.25) is 4.99 Å². The summed E-state index contributed by atoms with van der Waals surface area (Å²) in [5, 5.41) is 6.70. The summed E-state index contributed by atoms with van der Waals surface area (Å²) < 4.78 is 10.6. The molecule has 3 aromatic rings. The molecule has 162 valence electrons. The molecule has 0 saturated carbocycles. The number of nitrogens with one attached hydrogen (secondary N) is 3. The molecule has 0 saturated heterocycles. The van der Waals surface area contributed by atoms with Gasteiger partial charge in [0.2, 0.25) is 0 Å². The Bertz CT molecular complexity index is 925. The number of hydrogen-bond donors (Lipinski definition) is 3. The molecule has 0 fully saturated rings. The number of aromatic amines is 1. The summed E-state index contributed by atoms with van der Waals surface area (Å²) in [6, 6.07) is 14.1. The number of rotatable bonds is 9. The summed E-state index contributed by atoms with van der Waals surface area (Å²) in [7, 11) is 5.07. The Balaban J connectivity index is 0.00000320. The molecule has 0 radical (unpaired) electrons. The molecule has 0 amide bonds. The van der Waals surface area contributed by atoms with E-state index < -0.39 is 0 Å². The summed E-state index contributed by atoms with van der Waals surface area (Å²) in [6.07, 6.45) is 2.72. The summed E-state index contributed by atoms with van der Waals surface area (Å²) in [5.74, 6) is 3.31. The number of aliphatic imine (C=N–C) groups is 1. The first-order valence-electron chi connectivity index (χ1n) is 9.82. The van der Waals surface area contributed by atoms with Gasteiger partial charge in [0, 0.05) is 26.6 Å². The molecule has 3 N–H and O–H groups in total. The van der Waals surface area contributed by atoms with Crippen LogP contribution in [0.1, 0.15) is 17.8 Å². The number of ether oxygens (including phenoxy) is 2. The van der Waals surface area contributed by atoms with E-state index in [2.05, 4.69) is 25.6 Å². The van der Waals surface area contributed by atoms with Gasteiger partial charge in [-0.15, -0.1) is 24.0 Å². The summed E-state index contributed by atoms with van der Waals surface area (Å²) >= 11 is 0. The molecule has 0 aliphatic heterocycles. The summed E-state index contributed by atoms with van der Waals surface area (Å²) in [6.45, 7) is 1.60. The van der Waals surface area contributed by atoms with E-state index >= 15 is 0 Å².